The van der Waals surface area contributed by atoms with Gasteiger partial charge in [-0.15, -0.1) is 0 Å². The molecule has 0 radical (unpaired) electrons. The summed E-state index contributed by atoms with van der Waals surface area (Å²) in [5, 5.41) is 18.5. The highest BCUT2D eigenvalue weighted by Crippen LogP contribution is 2.27. The fourth-order valence-electron chi connectivity index (χ4n) is 2.20. The Morgan fingerprint density at radius 3 is 2.53 bits per heavy atom. The van der Waals surface area contributed by atoms with Gasteiger partial charge in [-0.05, 0) is 19.3 Å². The van der Waals surface area contributed by atoms with E-state index in [0.29, 0.717) is 12.5 Å². The molecule has 1 aliphatic carbocycles. The van der Waals surface area contributed by atoms with Crippen molar-refractivity contribution in [3.05, 3.63) is 0 Å². The van der Waals surface area contributed by atoms with Gasteiger partial charge in [0.05, 0.1) is 25.4 Å². The lowest BCUT2D eigenvalue weighted by Gasteiger charge is -2.24. The molecule has 2 atom stereocenters. The summed E-state index contributed by atoms with van der Waals surface area (Å²) in [4.78, 5) is 0. The summed E-state index contributed by atoms with van der Waals surface area (Å²) >= 11 is 0. The van der Waals surface area contributed by atoms with E-state index in [9.17, 15) is 5.11 Å². The van der Waals surface area contributed by atoms with Gasteiger partial charge in [0, 0.05) is 0 Å². The standard InChI is InChI=1S/C12H24O3/c1-10(8-13)15-9-12(14)7-11-5-3-2-4-6-11/h10-14H,2-9H2,1H3. The molecule has 0 aromatic rings. The first kappa shape index (κ1) is 12.9. The molecular weight excluding hydrogens is 192 g/mol. The van der Waals surface area contributed by atoms with Gasteiger partial charge >= 0.3 is 0 Å². The molecule has 0 spiro atoms. The molecule has 2 N–H and O–H groups in total. The predicted molar refractivity (Wildman–Crippen MR) is 59.7 cm³/mol. The van der Waals surface area contributed by atoms with E-state index in [-0.39, 0.29) is 18.8 Å². The Bertz CT molecular complexity index is 155. The quantitative estimate of drug-likeness (QED) is 0.710. The van der Waals surface area contributed by atoms with E-state index in [1.807, 2.05) is 6.92 Å². The van der Waals surface area contributed by atoms with Gasteiger partial charge in [0.1, 0.15) is 0 Å². The molecule has 1 fully saturated rings. The molecule has 0 aromatic carbocycles. The Hall–Kier alpha value is -0.120. The van der Waals surface area contributed by atoms with Crippen LogP contribution < -0.4 is 0 Å². The fraction of sp³-hybridized carbons (Fsp3) is 1.00. The lowest BCUT2D eigenvalue weighted by atomic mass is 9.85. The average Bonchev–Trinajstić information content (AvgIpc) is 2.27. The zero-order chi connectivity index (χ0) is 11.1. The highest BCUT2D eigenvalue weighted by molar-refractivity contribution is 4.69. The first-order valence-electron chi connectivity index (χ1n) is 6.13. The molecule has 0 bridgehead atoms. The third-order valence-corrected chi connectivity index (χ3v) is 3.16. The van der Waals surface area contributed by atoms with E-state index < -0.39 is 0 Å². The van der Waals surface area contributed by atoms with Crippen LogP contribution in [-0.2, 0) is 4.74 Å². The Labute approximate surface area is 92.4 Å². The van der Waals surface area contributed by atoms with Crippen LogP contribution in [0.3, 0.4) is 0 Å². The topological polar surface area (TPSA) is 49.7 Å². The summed E-state index contributed by atoms with van der Waals surface area (Å²) in [6.45, 7) is 2.20. The molecule has 1 rings (SSSR count). The summed E-state index contributed by atoms with van der Waals surface area (Å²) in [5.41, 5.74) is 0. The number of aliphatic hydroxyl groups is 2. The normalized spacial score (nSPS) is 22.6. The van der Waals surface area contributed by atoms with Gasteiger partial charge in [-0.3, -0.25) is 0 Å². The van der Waals surface area contributed by atoms with Crippen molar-refractivity contribution in [1.29, 1.82) is 0 Å². The molecule has 1 saturated carbocycles. The fourth-order valence-corrected chi connectivity index (χ4v) is 2.20. The van der Waals surface area contributed by atoms with Crippen molar-refractivity contribution in [2.75, 3.05) is 13.2 Å². The molecule has 1 aliphatic rings. The average molecular weight is 216 g/mol. The van der Waals surface area contributed by atoms with Crippen LogP contribution in [0.5, 0.6) is 0 Å². The molecule has 15 heavy (non-hydrogen) atoms. The molecule has 3 nitrogen and oxygen atoms in total. The summed E-state index contributed by atoms with van der Waals surface area (Å²) in [5.74, 6) is 0.682. The molecule has 0 saturated heterocycles. The second-order valence-corrected chi connectivity index (χ2v) is 4.72. The lowest BCUT2D eigenvalue weighted by Crippen LogP contribution is -2.24. The van der Waals surface area contributed by atoms with E-state index in [2.05, 4.69) is 0 Å². The van der Waals surface area contributed by atoms with Crippen molar-refractivity contribution in [3.8, 4) is 0 Å². The van der Waals surface area contributed by atoms with E-state index in [1.165, 1.54) is 32.1 Å². The van der Waals surface area contributed by atoms with Gasteiger partial charge in [-0.2, -0.15) is 0 Å². The van der Waals surface area contributed by atoms with E-state index in [1.54, 1.807) is 0 Å². The zero-order valence-electron chi connectivity index (χ0n) is 9.69. The Balaban J connectivity index is 2.08. The molecular formula is C12H24O3. The van der Waals surface area contributed by atoms with Crippen LogP contribution in [0.1, 0.15) is 45.4 Å². The number of ether oxygens (including phenoxy) is 1. The van der Waals surface area contributed by atoms with Crippen LogP contribution >= 0.6 is 0 Å². The Morgan fingerprint density at radius 1 is 1.27 bits per heavy atom. The van der Waals surface area contributed by atoms with Crippen molar-refractivity contribution in [2.24, 2.45) is 5.92 Å². The van der Waals surface area contributed by atoms with Crippen LogP contribution in [-0.4, -0.2) is 35.6 Å². The Kier molecular flexibility index (Phi) is 6.22. The maximum atomic E-state index is 9.74. The lowest BCUT2D eigenvalue weighted by molar-refractivity contribution is -0.0310. The molecule has 0 aliphatic heterocycles. The highest BCUT2D eigenvalue weighted by Gasteiger charge is 2.17. The van der Waals surface area contributed by atoms with Crippen molar-refractivity contribution in [3.63, 3.8) is 0 Å². The molecule has 0 amide bonds. The van der Waals surface area contributed by atoms with Gasteiger partial charge in [-0.25, -0.2) is 0 Å². The zero-order valence-corrected chi connectivity index (χ0v) is 9.69. The maximum Gasteiger partial charge on any atom is 0.0779 e. The predicted octanol–water partition coefficient (Wildman–Crippen LogP) is 1.72. The SMILES string of the molecule is CC(CO)OCC(O)CC1CCCCC1. The number of hydrogen-bond donors (Lipinski definition) is 2. The van der Waals surface area contributed by atoms with Crippen LogP contribution in [0.2, 0.25) is 0 Å². The summed E-state index contributed by atoms with van der Waals surface area (Å²) < 4.78 is 5.29. The minimum absolute atomic E-state index is 0.0240. The molecule has 2 unspecified atom stereocenters. The van der Waals surface area contributed by atoms with Crippen molar-refractivity contribution >= 4 is 0 Å². The minimum atomic E-state index is -0.359. The smallest absolute Gasteiger partial charge is 0.0779 e. The molecule has 0 aromatic heterocycles. The first-order valence-corrected chi connectivity index (χ1v) is 6.13. The van der Waals surface area contributed by atoms with Gasteiger partial charge in [0.2, 0.25) is 0 Å². The van der Waals surface area contributed by atoms with E-state index >= 15 is 0 Å². The summed E-state index contributed by atoms with van der Waals surface area (Å²) in [6.07, 6.45) is 6.83. The molecule has 90 valence electrons. The van der Waals surface area contributed by atoms with Gasteiger partial charge in [0.15, 0.2) is 0 Å². The van der Waals surface area contributed by atoms with Gasteiger partial charge in [-0.1, -0.05) is 32.1 Å². The Morgan fingerprint density at radius 2 is 1.93 bits per heavy atom. The first-order chi connectivity index (χ1) is 7.22. The van der Waals surface area contributed by atoms with Crippen LogP contribution in [0.25, 0.3) is 0 Å². The van der Waals surface area contributed by atoms with Crippen LogP contribution in [0.4, 0.5) is 0 Å². The molecule has 0 heterocycles. The largest absolute Gasteiger partial charge is 0.394 e. The second kappa shape index (κ2) is 7.20. The van der Waals surface area contributed by atoms with Crippen LogP contribution in [0.15, 0.2) is 0 Å². The van der Waals surface area contributed by atoms with E-state index in [0.717, 1.165) is 6.42 Å². The number of hydrogen-bond acceptors (Lipinski definition) is 3. The monoisotopic (exact) mass is 216 g/mol. The van der Waals surface area contributed by atoms with Gasteiger partial charge in [0.25, 0.3) is 0 Å². The molecule has 3 heteroatoms. The van der Waals surface area contributed by atoms with Crippen molar-refractivity contribution < 1.29 is 14.9 Å². The maximum absolute atomic E-state index is 9.74. The second-order valence-electron chi connectivity index (χ2n) is 4.72. The highest BCUT2D eigenvalue weighted by atomic mass is 16.5. The summed E-state index contributed by atoms with van der Waals surface area (Å²) in [7, 11) is 0. The number of rotatable bonds is 6. The van der Waals surface area contributed by atoms with Crippen molar-refractivity contribution in [2.45, 2.75) is 57.7 Å². The minimum Gasteiger partial charge on any atom is -0.394 e. The van der Waals surface area contributed by atoms with Crippen LogP contribution in [0, 0.1) is 5.92 Å². The third-order valence-electron chi connectivity index (χ3n) is 3.16. The van der Waals surface area contributed by atoms with Crippen molar-refractivity contribution in [1.82, 2.24) is 0 Å². The van der Waals surface area contributed by atoms with Gasteiger partial charge < -0.3 is 14.9 Å². The van der Waals surface area contributed by atoms with E-state index in [4.69, 9.17) is 9.84 Å². The third kappa shape index (κ3) is 5.50. The number of aliphatic hydroxyl groups excluding tert-OH is 2. The summed E-state index contributed by atoms with van der Waals surface area (Å²) in [6, 6.07) is 0.